The van der Waals surface area contributed by atoms with E-state index in [0.717, 1.165) is 29.7 Å². The number of ether oxygens (including phenoxy) is 1. The Hall–Kier alpha value is -1.51. The molecule has 1 amide bonds. The average molecular weight is 261 g/mol. The minimum Gasteiger partial charge on any atom is -0.481 e. The third-order valence-corrected chi connectivity index (χ3v) is 3.72. The van der Waals surface area contributed by atoms with Crippen LogP contribution < -0.4 is 10.1 Å². The standard InChI is InChI=1S/C16H23NO2/c1-11-8-9-12(2)15(10-11)19-13(3)16(18)17-14-6-4-5-7-14/h8-10,13-14H,4-7H2,1-3H3,(H,17,18)/t13-/m1/s1. The van der Waals surface area contributed by atoms with Crippen LogP contribution in [0, 0.1) is 13.8 Å². The lowest BCUT2D eigenvalue weighted by Gasteiger charge is -2.19. The van der Waals surface area contributed by atoms with Gasteiger partial charge >= 0.3 is 0 Å². The van der Waals surface area contributed by atoms with Crippen LogP contribution in [0.25, 0.3) is 0 Å². The van der Waals surface area contributed by atoms with E-state index in [4.69, 9.17) is 4.74 Å². The SMILES string of the molecule is Cc1ccc(C)c(O[C@H](C)C(=O)NC2CCCC2)c1. The molecule has 0 aliphatic heterocycles. The molecule has 3 heteroatoms. The Labute approximate surface area is 115 Å². The molecule has 0 saturated heterocycles. The molecule has 0 bridgehead atoms. The van der Waals surface area contributed by atoms with Gasteiger partial charge in [0.1, 0.15) is 5.75 Å². The van der Waals surface area contributed by atoms with Crippen LogP contribution in [0.3, 0.4) is 0 Å². The zero-order chi connectivity index (χ0) is 13.8. The number of rotatable bonds is 4. The van der Waals surface area contributed by atoms with Crippen LogP contribution in [0.2, 0.25) is 0 Å². The van der Waals surface area contributed by atoms with E-state index in [1.54, 1.807) is 0 Å². The van der Waals surface area contributed by atoms with Crippen molar-refractivity contribution in [2.24, 2.45) is 0 Å². The number of amides is 1. The minimum atomic E-state index is -0.443. The third kappa shape index (κ3) is 3.72. The maximum atomic E-state index is 12.1. The third-order valence-electron chi connectivity index (χ3n) is 3.72. The maximum Gasteiger partial charge on any atom is 0.260 e. The largest absolute Gasteiger partial charge is 0.481 e. The number of aryl methyl sites for hydroxylation is 2. The van der Waals surface area contributed by atoms with Crippen LogP contribution in [0.15, 0.2) is 18.2 Å². The summed E-state index contributed by atoms with van der Waals surface area (Å²) in [5.74, 6) is 0.793. The molecule has 1 atom stereocenters. The first-order chi connectivity index (χ1) is 9.06. The number of hydrogen-bond acceptors (Lipinski definition) is 2. The normalized spacial score (nSPS) is 17.2. The van der Waals surface area contributed by atoms with Crippen LogP contribution in [0.1, 0.15) is 43.7 Å². The Morgan fingerprint density at radius 2 is 2.00 bits per heavy atom. The lowest BCUT2D eigenvalue weighted by atomic mass is 10.1. The van der Waals surface area contributed by atoms with Gasteiger partial charge in [0.25, 0.3) is 5.91 Å². The molecule has 1 N–H and O–H groups in total. The predicted molar refractivity (Wildman–Crippen MR) is 76.4 cm³/mol. The van der Waals surface area contributed by atoms with E-state index < -0.39 is 6.10 Å². The van der Waals surface area contributed by atoms with Gasteiger partial charge in [0.05, 0.1) is 0 Å². The topological polar surface area (TPSA) is 38.3 Å². The van der Waals surface area contributed by atoms with Crippen LogP contribution in [0.5, 0.6) is 5.75 Å². The highest BCUT2D eigenvalue weighted by Gasteiger charge is 2.21. The minimum absolute atomic E-state index is 0.00666. The van der Waals surface area contributed by atoms with Crippen molar-refractivity contribution in [1.82, 2.24) is 5.32 Å². The summed E-state index contributed by atoms with van der Waals surface area (Å²) in [6.07, 6.45) is 4.19. The lowest BCUT2D eigenvalue weighted by Crippen LogP contribution is -2.41. The molecule has 1 fully saturated rings. The van der Waals surface area contributed by atoms with Gasteiger partial charge in [-0.3, -0.25) is 4.79 Å². The van der Waals surface area contributed by atoms with E-state index in [-0.39, 0.29) is 5.91 Å². The second-order valence-electron chi connectivity index (χ2n) is 5.52. The Morgan fingerprint density at radius 3 is 2.68 bits per heavy atom. The molecule has 0 heterocycles. The average Bonchev–Trinajstić information content (AvgIpc) is 2.86. The zero-order valence-electron chi connectivity index (χ0n) is 12.0. The summed E-state index contributed by atoms with van der Waals surface area (Å²) in [5, 5.41) is 3.07. The fourth-order valence-corrected chi connectivity index (χ4v) is 2.47. The van der Waals surface area contributed by atoms with Crippen molar-refractivity contribution in [2.75, 3.05) is 0 Å². The van der Waals surface area contributed by atoms with Gasteiger partial charge < -0.3 is 10.1 Å². The van der Waals surface area contributed by atoms with Crippen LogP contribution in [0.4, 0.5) is 0 Å². The molecule has 1 aliphatic carbocycles. The van der Waals surface area contributed by atoms with Crippen molar-refractivity contribution in [2.45, 2.75) is 58.6 Å². The molecule has 0 radical (unpaired) electrons. The van der Waals surface area contributed by atoms with E-state index in [2.05, 4.69) is 5.32 Å². The molecule has 3 nitrogen and oxygen atoms in total. The van der Waals surface area contributed by atoms with E-state index in [1.807, 2.05) is 39.0 Å². The highest BCUT2D eigenvalue weighted by atomic mass is 16.5. The Balaban J connectivity index is 1.93. The highest BCUT2D eigenvalue weighted by Crippen LogP contribution is 2.21. The highest BCUT2D eigenvalue weighted by molar-refractivity contribution is 5.81. The summed E-state index contributed by atoms with van der Waals surface area (Å²) in [6.45, 7) is 5.83. The molecule has 0 spiro atoms. The number of carbonyl (C=O) groups is 1. The molecule has 104 valence electrons. The van der Waals surface area contributed by atoms with Crippen molar-refractivity contribution in [3.05, 3.63) is 29.3 Å². The van der Waals surface area contributed by atoms with Crippen molar-refractivity contribution in [1.29, 1.82) is 0 Å². The van der Waals surface area contributed by atoms with E-state index >= 15 is 0 Å². The quantitative estimate of drug-likeness (QED) is 0.904. The van der Waals surface area contributed by atoms with Crippen LogP contribution >= 0.6 is 0 Å². The van der Waals surface area contributed by atoms with Gasteiger partial charge in [-0.25, -0.2) is 0 Å². The summed E-state index contributed by atoms with van der Waals surface area (Å²) >= 11 is 0. The first-order valence-electron chi connectivity index (χ1n) is 7.10. The van der Waals surface area contributed by atoms with Gasteiger partial charge in [0.2, 0.25) is 0 Å². The van der Waals surface area contributed by atoms with Gasteiger partial charge in [0.15, 0.2) is 6.10 Å². The molecular weight excluding hydrogens is 238 g/mol. The Bertz CT molecular complexity index is 450. The Kier molecular flexibility index (Phi) is 4.46. The molecule has 0 unspecified atom stereocenters. The van der Waals surface area contributed by atoms with E-state index in [9.17, 15) is 4.79 Å². The first kappa shape index (κ1) is 13.9. The maximum absolute atomic E-state index is 12.1. The first-order valence-corrected chi connectivity index (χ1v) is 7.10. The molecule has 2 rings (SSSR count). The van der Waals surface area contributed by atoms with Gasteiger partial charge in [-0.15, -0.1) is 0 Å². The van der Waals surface area contributed by atoms with Crippen molar-refractivity contribution < 1.29 is 9.53 Å². The molecule has 1 aliphatic rings. The van der Waals surface area contributed by atoms with Gasteiger partial charge in [-0.2, -0.15) is 0 Å². The fourth-order valence-electron chi connectivity index (χ4n) is 2.47. The Morgan fingerprint density at radius 1 is 1.32 bits per heavy atom. The second kappa shape index (κ2) is 6.09. The second-order valence-corrected chi connectivity index (χ2v) is 5.52. The van der Waals surface area contributed by atoms with Crippen molar-refractivity contribution >= 4 is 5.91 Å². The zero-order valence-corrected chi connectivity index (χ0v) is 12.0. The molecule has 0 aromatic heterocycles. The van der Waals surface area contributed by atoms with Crippen molar-refractivity contribution in [3.8, 4) is 5.75 Å². The number of benzene rings is 1. The number of nitrogens with one attached hydrogen (secondary N) is 1. The van der Waals surface area contributed by atoms with Gasteiger partial charge in [-0.1, -0.05) is 25.0 Å². The predicted octanol–water partition coefficient (Wildman–Crippen LogP) is 3.13. The number of hydrogen-bond donors (Lipinski definition) is 1. The number of carbonyl (C=O) groups excluding carboxylic acids is 1. The molecular formula is C16H23NO2. The molecule has 1 aromatic rings. The summed E-state index contributed by atoms with van der Waals surface area (Å²) in [7, 11) is 0. The fraction of sp³-hybridized carbons (Fsp3) is 0.562. The summed E-state index contributed by atoms with van der Waals surface area (Å²) in [4.78, 5) is 12.1. The van der Waals surface area contributed by atoms with Gasteiger partial charge in [0, 0.05) is 6.04 Å². The molecule has 1 saturated carbocycles. The van der Waals surface area contributed by atoms with E-state index in [1.165, 1.54) is 12.8 Å². The summed E-state index contributed by atoms with van der Waals surface area (Å²) in [6, 6.07) is 6.39. The summed E-state index contributed by atoms with van der Waals surface area (Å²) < 4.78 is 5.79. The molecule has 1 aromatic carbocycles. The monoisotopic (exact) mass is 261 g/mol. The smallest absolute Gasteiger partial charge is 0.260 e. The van der Waals surface area contributed by atoms with Crippen LogP contribution in [-0.4, -0.2) is 18.1 Å². The van der Waals surface area contributed by atoms with Gasteiger partial charge in [-0.05, 0) is 50.8 Å². The van der Waals surface area contributed by atoms with Crippen molar-refractivity contribution in [3.63, 3.8) is 0 Å². The molecule has 19 heavy (non-hydrogen) atoms. The lowest BCUT2D eigenvalue weighted by molar-refractivity contribution is -0.127. The van der Waals surface area contributed by atoms with Crippen LogP contribution in [-0.2, 0) is 4.79 Å². The van der Waals surface area contributed by atoms with E-state index in [0.29, 0.717) is 6.04 Å². The summed E-state index contributed by atoms with van der Waals surface area (Å²) in [5.41, 5.74) is 2.20.